The average Bonchev–Trinajstić information content (AvgIpc) is 2.91. The number of aromatic nitrogens is 3. The van der Waals surface area contributed by atoms with E-state index in [9.17, 15) is 9.90 Å². The summed E-state index contributed by atoms with van der Waals surface area (Å²) in [5.41, 5.74) is 1.24. The van der Waals surface area contributed by atoms with Gasteiger partial charge in [-0.05, 0) is 26.7 Å². The van der Waals surface area contributed by atoms with Crippen molar-refractivity contribution in [2.45, 2.75) is 47.1 Å². The summed E-state index contributed by atoms with van der Waals surface area (Å²) in [4.78, 5) is 16.9. The minimum Gasteiger partial charge on any atom is -0.481 e. The summed E-state index contributed by atoms with van der Waals surface area (Å²) in [6.07, 6.45) is 1.23. The molecule has 0 bridgehead atoms. The zero-order valence-corrected chi connectivity index (χ0v) is 13.8. The molecule has 2 rings (SSSR count). The Morgan fingerprint density at radius 1 is 1.38 bits per heavy atom. The van der Waals surface area contributed by atoms with Gasteiger partial charge in [-0.15, -0.1) is 0 Å². The average molecular weight is 310 g/mol. The zero-order chi connectivity index (χ0) is 15.6. The van der Waals surface area contributed by atoms with Crippen LogP contribution >= 0.6 is 11.3 Å². The van der Waals surface area contributed by atoms with Crippen LogP contribution in [0, 0.1) is 19.3 Å². The lowest BCUT2D eigenvalue weighted by Gasteiger charge is -2.26. The van der Waals surface area contributed by atoms with Crippen LogP contribution in [-0.2, 0) is 11.3 Å². The topological polar surface area (TPSA) is 79.5 Å². The second-order valence-corrected chi connectivity index (χ2v) is 6.52. The predicted octanol–water partition coefficient (Wildman–Crippen LogP) is 2.39. The van der Waals surface area contributed by atoms with E-state index in [2.05, 4.69) is 15.4 Å². The maximum absolute atomic E-state index is 11.5. The van der Waals surface area contributed by atoms with Gasteiger partial charge in [0.15, 0.2) is 0 Å². The van der Waals surface area contributed by atoms with Gasteiger partial charge in [0, 0.05) is 13.1 Å². The molecule has 0 radical (unpaired) electrons. The molecule has 0 fully saturated rings. The standard InChI is InChI=1S/C14H22N4O2S/c1-5-14(6-2,12(19)20)8-15-7-11-9(3)16-13-18(11)17-10(4)21-13/h15H,5-8H2,1-4H3,(H,19,20). The number of carboxylic acids is 1. The second-order valence-electron chi connectivity index (χ2n) is 5.36. The Balaban J connectivity index is 2.11. The summed E-state index contributed by atoms with van der Waals surface area (Å²) < 4.78 is 1.85. The SMILES string of the molecule is CCC(CC)(CNCc1c(C)nc2sc(C)nn12)C(=O)O. The lowest BCUT2D eigenvalue weighted by atomic mass is 9.82. The Kier molecular flexibility index (Phi) is 4.63. The number of hydrogen-bond acceptors (Lipinski definition) is 5. The lowest BCUT2D eigenvalue weighted by Crippen LogP contribution is -2.40. The van der Waals surface area contributed by atoms with E-state index in [0.717, 1.165) is 21.4 Å². The number of carbonyl (C=O) groups is 1. The van der Waals surface area contributed by atoms with E-state index < -0.39 is 11.4 Å². The summed E-state index contributed by atoms with van der Waals surface area (Å²) in [5, 5.41) is 18.1. The normalized spacial score (nSPS) is 12.2. The van der Waals surface area contributed by atoms with Crippen LogP contribution in [0.15, 0.2) is 0 Å². The van der Waals surface area contributed by atoms with E-state index in [0.29, 0.717) is 25.9 Å². The van der Waals surface area contributed by atoms with Crippen molar-refractivity contribution in [1.29, 1.82) is 0 Å². The molecule has 2 N–H and O–H groups in total. The maximum atomic E-state index is 11.5. The molecule has 0 amide bonds. The molecule has 0 atom stereocenters. The zero-order valence-electron chi connectivity index (χ0n) is 12.9. The molecule has 0 aliphatic carbocycles. The molecule has 2 heterocycles. The molecule has 2 aromatic rings. The molecule has 0 aliphatic heterocycles. The number of aryl methyl sites for hydroxylation is 2. The highest BCUT2D eigenvalue weighted by Gasteiger charge is 2.34. The van der Waals surface area contributed by atoms with Gasteiger partial charge in [0.2, 0.25) is 4.96 Å². The maximum Gasteiger partial charge on any atom is 0.310 e. The molecule has 6 nitrogen and oxygen atoms in total. The number of imidazole rings is 1. The first kappa shape index (κ1) is 15.9. The van der Waals surface area contributed by atoms with Crippen LogP contribution in [0.3, 0.4) is 0 Å². The van der Waals surface area contributed by atoms with Crippen LogP contribution in [-0.4, -0.2) is 32.2 Å². The highest BCUT2D eigenvalue weighted by atomic mass is 32.1. The van der Waals surface area contributed by atoms with Gasteiger partial charge < -0.3 is 10.4 Å². The van der Waals surface area contributed by atoms with Crippen molar-refractivity contribution in [2.75, 3.05) is 6.54 Å². The number of nitrogens with zero attached hydrogens (tertiary/aromatic N) is 3. The van der Waals surface area contributed by atoms with E-state index >= 15 is 0 Å². The largest absolute Gasteiger partial charge is 0.481 e. The number of carboxylic acid groups (broad SMARTS) is 1. The Labute approximate surface area is 128 Å². The van der Waals surface area contributed by atoms with E-state index in [4.69, 9.17) is 0 Å². The van der Waals surface area contributed by atoms with Crippen LogP contribution < -0.4 is 5.32 Å². The summed E-state index contributed by atoms with van der Waals surface area (Å²) in [6, 6.07) is 0. The van der Waals surface area contributed by atoms with Crippen LogP contribution in [0.4, 0.5) is 0 Å². The van der Waals surface area contributed by atoms with Crippen LogP contribution in [0.5, 0.6) is 0 Å². The van der Waals surface area contributed by atoms with Gasteiger partial charge in [0.1, 0.15) is 5.01 Å². The molecule has 0 aromatic carbocycles. The molecule has 21 heavy (non-hydrogen) atoms. The van der Waals surface area contributed by atoms with Gasteiger partial charge in [-0.1, -0.05) is 25.2 Å². The van der Waals surface area contributed by atoms with E-state index in [1.54, 1.807) is 11.3 Å². The van der Waals surface area contributed by atoms with Crippen molar-refractivity contribution in [2.24, 2.45) is 5.41 Å². The fourth-order valence-corrected chi connectivity index (χ4v) is 3.29. The fraction of sp³-hybridized carbons (Fsp3) is 0.643. The van der Waals surface area contributed by atoms with E-state index in [-0.39, 0.29) is 0 Å². The first-order valence-corrected chi connectivity index (χ1v) is 8.01. The molecule has 0 saturated carbocycles. The smallest absolute Gasteiger partial charge is 0.310 e. The summed E-state index contributed by atoms with van der Waals surface area (Å²) in [7, 11) is 0. The third kappa shape index (κ3) is 2.94. The summed E-state index contributed by atoms with van der Waals surface area (Å²) in [5.74, 6) is -0.736. The van der Waals surface area contributed by atoms with Crippen molar-refractivity contribution < 1.29 is 9.90 Å². The number of fused-ring (bicyclic) bond motifs is 1. The molecule has 116 valence electrons. The monoisotopic (exact) mass is 310 g/mol. The van der Waals surface area contributed by atoms with Crippen molar-refractivity contribution >= 4 is 22.3 Å². The Bertz CT molecular complexity index is 643. The number of aliphatic carboxylic acids is 1. The number of nitrogens with one attached hydrogen (secondary N) is 1. The van der Waals surface area contributed by atoms with Crippen LogP contribution in [0.2, 0.25) is 0 Å². The van der Waals surface area contributed by atoms with E-state index in [1.165, 1.54) is 0 Å². The third-order valence-corrected chi connectivity index (χ3v) is 4.98. The molecule has 7 heteroatoms. The molecular formula is C14H22N4O2S. The highest BCUT2D eigenvalue weighted by Crippen LogP contribution is 2.26. The summed E-state index contributed by atoms with van der Waals surface area (Å²) in [6.45, 7) is 8.78. The quantitative estimate of drug-likeness (QED) is 0.821. The van der Waals surface area contributed by atoms with Gasteiger partial charge >= 0.3 is 5.97 Å². The first-order valence-electron chi connectivity index (χ1n) is 7.19. The van der Waals surface area contributed by atoms with Gasteiger partial charge in [-0.2, -0.15) is 5.10 Å². The Morgan fingerprint density at radius 3 is 2.62 bits per heavy atom. The fourth-order valence-electron chi connectivity index (χ4n) is 2.49. The van der Waals surface area contributed by atoms with Crippen molar-refractivity contribution in [3.63, 3.8) is 0 Å². The highest BCUT2D eigenvalue weighted by molar-refractivity contribution is 7.16. The second kappa shape index (κ2) is 6.11. The molecule has 0 unspecified atom stereocenters. The first-order chi connectivity index (χ1) is 9.93. The number of hydrogen-bond donors (Lipinski definition) is 2. The molecule has 2 aromatic heterocycles. The van der Waals surface area contributed by atoms with Gasteiger partial charge in [-0.25, -0.2) is 9.50 Å². The molecule has 0 aliphatic rings. The number of rotatable bonds is 7. The van der Waals surface area contributed by atoms with Crippen molar-refractivity contribution in [3.05, 3.63) is 16.4 Å². The van der Waals surface area contributed by atoms with E-state index in [1.807, 2.05) is 32.2 Å². The Hall–Kier alpha value is -1.47. The van der Waals surface area contributed by atoms with Crippen molar-refractivity contribution in [3.8, 4) is 0 Å². The Morgan fingerprint density at radius 2 is 2.05 bits per heavy atom. The minimum absolute atomic E-state index is 0.450. The summed E-state index contributed by atoms with van der Waals surface area (Å²) >= 11 is 1.56. The van der Waals surface area contributed by atoms with Gasteiger partial charge in [0.25, 0.3) is 0 Å². The van der Waals surface area contributed by atoms with Crippen LogP contribution in [0.1, 0.15) is 43.1 Å². The van der Waals surface area contributed by atoms with Gasteiger partial charge in [0.05, 0.1) is 16.8 Å². The van der Waals surface area contributed by atoms with Crippen molar-refractivity contribution in [1.82, 2.24) is 19.9 Å². The molecule has 0 saturated heterocycles. The molecule has 0 spiro atoms. The van der Waals surface area contributed by atoms with Crippen LogP contribution in [0.25, 0.3) is 4.96 Å². The third-order valence-electron chi connectivity index (χ3n) is 4.16. The predicted molar refractivity (Wildman–Crippen MR) is 82.7 cm³/mol. The van der Waals surface area contributed by atoms with Gasteiger partial charge in [-0.3, -0.25) is 4.79 Å². The minimum atomic E-state index is -0.736. The molecular weight excluding hydrogens is 288 g/mol. The lowest BCUT2D eigenvalue weighted by molar-refractivity contribution is -0.149.